The largest absolute Gasteiger partial charge is 0.479 e. The number of halogens is 1. The zero-order valence-electron chi connectivity index (χ0n) is 12.8. The lowest BCUT2D eigenvalue weighted by atomic mass is 10.1. The summed E-state index contributed by atoms with van der Waals surface area (Å²) >= 11 is 6.06. The molecule has 1 heterocycles. The first-order valence-electron chi connectivity index (χ1n) is 7.46. The lowest BCUT2D eigenvalue weighted by molar-refractivity contribution is -0.135. The van der Waals surface area contributed by atoms with Gasteiger partial charge in [0.2, 0.25) is 5.91 Å². The number of hydrogen-bond donors (Lipinski definition) is 1. The van der Waals surface area contributed by atoms with Crippen LogP contribution >= 0.6 is 11.6 Å². The Hall–Kier alpha value is -1.75. The maximum Gasteiger partial charge on any atom is 0.261 e. The van der Waals surface area contributed by atoms with Crippen molar-refractivity contribution in [1.29, 1.82) is 0 Å². The molecular weight excluding hydrogens is 304 g/mol. The number of amides is 2. The highest BCUT2D eigenvalue weighted by Crippen LogP contribution is 2.25. The Bertz CT molecular complexity index is 550. The van der Waals surface area contributed by atoms with Crippen LogP contribution in [0.4, 0.5) is 0 Å². The van der Waals surface area contributed by atoms with Gasteiger partial charge in [0.15, 0.2) is 6.10 Å². The number of piperidine rings is 1. The maximum absolute atomic E-state index is 12.4. The van der Waals surface area contributed by atoms with Gasteiger partial charge in [0.1, 0.15) is 5.75 Å². The van der Waals surface area contributed by atoms with Gasteiger partial charge in [-0.15, -0.1) is 0 Å². The lowest BCUT2D eigenvalue weighted by Crippen LogP contribution is -2.51. The molecule has 2 amide bonds. The average Bonchev–Trinajstić information content (AvgIpc) is 2.50. The SMILES string of the molecule is CCC(Oc1ccccc1Cl)C(=O)NC1CCC(=O)N(C)C1. The summed E-state index contributed by atoms with van der Waals surface area (Å²) in [6.45, 7) is 2.42. The van der Waals surface area contributed by atoms with Crippen LogP contribution in [0.1, 0.15) is 26.2 Å². The first-order chi connectivity index (χ1) is 10.5. The summed E-state index contributed by atoms with van der Waals surface area (Å²) in [6.07, 6.45) is 1.07. The van der Waals surface area contributed by atoms with Crippen molar-refractivity contribution in [2.45, 2.75) is 38.3 Å². The zero-order chi connectivity index (χ0) is 16.1. The van der Waals surface area contributed by atoms with E-state index in [2.05, 4.69) is 5.32 Å². The Morgan fingerprint density at radius 2 is 2.23 bits per heavy atom. The highest BCUT2D eigenvalue weighted by molar-refractivity contribution is 6.32. The number of rotatable bonds is 5. The summed E-state index contributed by atoms with van der Waals surface area (Å²) in [5.41, 5.74) is 0. The van der Waals surface area contributed by atoms with Gasteiger partial charge in [0.25, 0.3) is 5.91 Å². The molecule has 22 heavy (non-hydrogen) atoms. The Labute approximate surface area is 135 Å². The van der Waals surface area contributed by atoms with E-state index in [-0.39, 0.29) is 17.9 Å². The van der Waals surface area contributed by atoms with Gasteiger partial charge in [-0.25, -0.2) is 0 Å². The molecule has 1 aromatic rings. The first-order valence-corrected chi connectivity index (χ1v) is 7.84. The molecule has 2 atom stereocenters. The third-order valence-corrected chi connectivity index (χ3v) is 4.05. The van der Waals surface area contributed by atoms with E-state index < -0.39 is 6.10 Å². The Kier molecular flexibility index (Phi) is 5.66. The van der Waals surface area contributed by atoms with E-state index in [1.165, 1.54) is 0 Å². The molecule has 120 valence electrons. The number of likely N-dealkylation sites (N-methyl/N-ethyl adjacent to an activating group) is 1. The van der Waals surface area contributed by atoms with Gasteiger partial charge in [-0.2, -0.15) is 0 Å². The molecule has 1 fully saturated rings. The number of carbonyl (C=O) groups excluding carboxylic acids is 2. The van der Waals surface area contributed by atoms with Crippen molar-refractivity contribution in [1.82, 2.24) is 10.2 Å². The smallest absolute Gasteiger partial charge is 0.261 e. The van der Waals surface area contributed by atoms with Gasteiger partial charge in [-0.05, 0) is 25.0 Å². The number of para-hydroxylation sites is 1. The van der Waals surface area contributed by atoms with Crippen molar-refractivity contribution in [2.75, 3.05) is 13.6 Å². The van der Waals surface area contributed by atoms with Crippen LogP contribution in [0.2, 0.25) is 5.02 Å². The molecular formula is C16H21ClN2O3. The van der Waals surface area contributed by atoms with Crippen LogP contribution in [0.15, 0.2) is 24.3 Å². The van der Waals surface area contributed by atoms with E-state index in [0.717, 1.165) is 0 Å². The average molecular weight is 325 g/mol. The lowest BCUT2D eigenvalue weighted by Gasteiger charge is -2.31. The molecule has 1 N–H and O–H groups in total. The molecule has 0 aromatic heterocycles. The molecule has 2 unspecified atom stereocenters. The van der Waals surface area contributed by atoms with E-state index in [4.69, 9.17) is 16.3 Å². The van der Waals surface area contributed by atoms with E-state index in [1.54, 1.807) is 24.1 Å². The number of nitrogens with zero attached hydrogens (tertiary/aromatic N) is 1. The first kappa shape index (κ1) is 16.6. The van der Waals surface area contributed by atoms with Crippen molar-refractivity contribution in [3.05, 3.63) is 29.3 Å². The van der Waals surface area contributed by atoms with Crippen LogP contribution in [-0.4, -0.2) is 42.5 Å². The molecule has 1 saturated heterocycles. The second-order valence-corrected chi connectivity index (χ2v) is 5.87. The van der Waals surface area contributed by atoms with Gasteiger partial charge in [0, 0.05) is 26.1 Å². The van der Waals surface area contributed by atoms with Crippen molar-refractivity contribution in [3.8, 4) is 5.75 Å². The molecule has 1 aromatic carbocycles. The predicted octanol–water partition coefficient (Wildman–Crippen LogP) is 2.23. The van der Waals surface area contributed by atoms with Crippen LogP contribution in [0.3, 0.4) is 0 Å². The Balaban J connectivity index is 1.95. The van der Waals surface area contributed by atoms with E-state index in [9.17, 15) is 9.59 Å². The summed E-state index contributed by atoms with van der Waals surface area (Å²) in [5, 5.41) is 3.44. The molecule has 0 saturated carbocycles. The summed E-state index contributed by atoms with van der Waals surface area (Å²) in [6, 6.07) is 7.06. The van der Waals surface area contributed by atoms with Crippen LogP contribution in [-0.2, 0) is 9.59 Å². The fourth-order valence-corrected chi connectivity index (χ4v) is 2.62. The molecule has 0 aliphatic carbocycles. The molecule has 0 spiro atoms. The molecule has 1 aliphatic rings. The summed E-state index contributed by atoms with van der Waals surface area (Å²) < 4.78 is 5.72. The van der Waals surface area contributed by atoms with E-state index in [1.807, 2.05) is 19.1 Å². The second kappa shape index (κ2) is 7.49. The summed E-state index contributed by atoms with van der Waals surface area (Å²) in [4.78, 5) is 25.5. The third-order valence-electron chi connectivity index (χ3n) is 3.74. The number of benzene rings is 1. The maximum atomic E-state index is 12.4. The number of ether oxygens (including phenoxy) is 1. The Morgan fingerprint density at radius 1 is 1.50 bits per heavy atom. The molecule has 1 aliphatic heterocycles. The van der Waals surface area contributed by atoms with Crippen LogP contribution in [0, 0.1) is 0 Å². The number of likely N-dealkylation sites (tertiary alicyclic amines) is 1. The van der Waals surface area contributed by atoms with Gasteiger partial charge < -0.3 is 15.0 Å². The van der Waals surface area contributed by atoms with Crippen molar-refractivity contribution < 1.29 is 14.3 Å². The fraction of sp³-hybridized carbons (Fsp3) is 0.500. The zero-order valence-corrected chi connectivity index (χ0v) is 13.6. The fourth-order valence-electron chi connectivity index (χ4n) is 2.44. The molecule has 0 radical (unpaired) electrons. The van der Waals surface area contributed by atoms with E-state index in [0.29, 0.717) is 36.6 Å². The van der Waals surface area contributed by atoms with Crippen molar-refractivity contribution in [3.63, 3.8) is 0 Å². The molecule has 2 rings (SSSR count). The topological polar surface area (TPSA) is 58.6 Å². The highest BCUT2D eigenvalue weighted by atomic mass is 35.5. The predicted molar refractivity (Wildman–Crippen MR) is 85.0 cm³/mol. The van der Waals surface area contributed by atoms with Gasteiger partial charge >= 0.3 is 0 Å². The monoisotopic (exact) mass is 324 g/mol. The van der Waals surface area contributed by atoms with E-state index >= 15 is 0 Å². The van der Waals surface area contributed by atoms with Crippen molar-refractivity contribution >= 4 is 23.4 Å². The minimum Gasteiger partial charge on any atom is -0.479 e. The number of nitrogens with one attached hydrogen (secondary N) is 1. The second-order valence-electron chi connectivity index (χ2n) is 5.46. The minimum atomic E-state index is -0.595. The quantitative estimate of drug-likeness (QED) is 0.903. The third kappa shape index (κ3) is 4.13. The molecule has 6 heteroatoms. The van der Waals surface area contributed by atoms with Crippen molar-refractivity contribution in [2.24, 2.45) is 0 Å². The van der Waals surface area contributed by atoms with Gasteiger partial charge in [0.05, 0.1) is 5.02 Å². The molecule has 0 bridgehead atoms. The normalized spacial score (nSPS) is 19.7. The number of carbonyl (C=O) groups is 2. The minimum absolute atomic E-state index is 0.0286. The number of hydrogen-bond acceptors (Lipinski definition) is 3. The highest BCUT2D eigenvalue weighted by Gasteiger charge is 2.27. The standard InChI is InChI=1S/C16H21ClN2O3/c1-3-13(22-14-7-5-4-6-12(14)17)16(21)18-11-8-9-15(20)19(2)10-11/h4-7,11,13H,3,8-10H2,1-2H3,(H,18,21). The summed E-state index contributed by atoms with van der Waals surface area (Å²) in [7, 11) is 1.75. The van der Waals surface area contributed by atoms with Crippen LogP contribution < -0.4 is 10.1 Å². The Morgan fingerprint density at radius 3 is 2.86 bits per heavy atom. The summed E-state index contributed by atoms with van der Waals surface area (Å²) in [5.74, 6) is 0.446. The molecule has 5 nitrogen and oxygen atoms in total. The van der Waals surface area contributed by atoms with Crippen LogP contribution in [0.5, 0.6) is 5.75 Å². The van der Waals surface area contributed by atoms with Crippen LogP contribution in [0.25, 0.3) is 0 Å². The van der Waals surface area contributed by atoms with Gasteiger partial charge in [-0.3, -0.25) is 9.59 Å². The van der Waals surface area contributed by atoms with Gasteiger partial charge in [-0.1, -0.05) is 30.7 Å².